The Morgan fingerprint density at radius 1 is 1.44 bits per heavy atom. The summed E-state index contributed by atoms with van der Waals surface area (Å²) >= 11 is 5.91. The van der Waals surface area contributed by atoms with Gasteiger partial charge in [0.15, 0.2) is 0 Å². The molecule has 0 amide bonds. The summed E-state index contributed by atoms with van der Waals surface area (Å²) in [5.74, 6) is -0.293. The number of rotatable bonds is 2. The van der Waals surface area contributed by atoms with Gasteiger partial charge in [0.1, 0.15) is 10.6 Å². The highest BCUT2D eigenvalue weighted by Crippen LogP contribution is 2.36. The van der Waals surface area contributed by atoms with E-state index < -0.39 is 10.0 Å². The first-order valence-corrected chi connectivity index (χ1v) is 7.54. The molecule has 0 spiro atoms. The van der Waals surface area contributed by atoms with Crippen molar-refractivity contribution >= 4 is 21.6 Å². The Morgan fingerprint density at radius 3 is 2.78 bits per heavy atom. The molecule has 98 valence electrons. The second-order valence-electron chi connectivity index (χ2n) is 4.66. The van der Waals surface area contributed by atoms with E-state index in [1.54, 1.807) is 0 Å². The number of aromatic hydroxyl groups is 1. The molecule has 7 heteroatoms. The minimum atomic E-state index is -3.72. The summed E-state index contributed by atoms with van der Waals surface area (Å²) in [6, 6.07) is 4.52. The van der Waals surface area contributed by atoms with Crippen LogP contribution >= 0.6 is 11.6 Å². The van der Waals surface area contributed by atoms with Crippen molar-refractivity contribution in [3.8, 4) is 5.75 Å². The summed E-state index contributed by atoms with van der Waals surface area (Å²) in [7, 11) is -3.72. The molecule has 2 atom stereocenters. The molecular weight excluding hydrogens is 276 g/mol. The molecular formula is C11H13ClN2O3S. The molecule has 0 radical (unpaired) electrons. The van der Waals surface area contributed by atoms with Gasteiger partial charge in [-0.2, -0.15) is 4.31 Å². The van der Waals surface area contributed by atoms with Crippen LogP contribution in [-0.2, 0) is 10.0 Å². The van der Waals surface area contributed by atoms with E-state index in [2.05, 4.69) is 5.32 Å². The largest absolute Gasteiger partial charge is 0.506 e. The molecule has 2 saturated heterocycles. The fraction of sp³-hybridized carbons (Fsp3) is 0.455. The number of fused-ring (bicyclic) bond motifs is 2. The Labute approximate surface area is 110 Å². The molecule has 1 aromatic rings. The van der Waals surface area contributed by atoms with Crippen molar-refractivity contribution < 1.29 is 13.5 Å². The summed E-state index contributed by atoms with van der Waals surface area (Å²) < 4.78 is 26.5. The van der Waals surface area contributed by atoms with E-state index in [0.29, 0.717) is 13.1 Å². The highest BCUT2D eigenvalue weighted by Gasteiger charge is 2.45. The molecule has 0 aromatic heterocycles. The molecule has 2 N–H and O–H groups in total. The van der Waals surface area contributed by atoms with Crippen molar-refractivity contribution in [1.29, 1.82) is 0 Å². The van der Waals surface area contributed by atoms with E-state index in [1.165, 1.54) is 22.5 Å². The van der Waals surface area contributed by atoms with E-state index in [4.69, 9.17) is 11.6 Å². The summed E-state index contributed by atoms with van der Waals surface area (Å²) in [4.78, 5) is -0.181. The Hall–Kier alpha value is -0.820. The van der Waals surface area contributed by atoms with Crippen LogP contribution in [0.4, 0.5) is 0 Å². The van der Waals surface area contributed by atoms with Gasteiger partial charge in [0.25, 0.3) is 0 Å². The third kappa shape index (κ3) is 1.72. The van der Waals surface area contributed by atoms with Gasteiger partial charge in [-0.3, -0.25) is 0 Å². The summed E-state index contributed by atoms with van der Waals surface area (Å²) in [5.41, 5.74) is 0. The van der Waals surface area contributed by atoms with Crippen LogP contribution in [0, 0.1) is 0 Å². The lowest BCUT2D eigenvalue weighted by Crippen LogP contribution is -2.46. The lowest BCUT2D eigenvalue weighted by molar-refractivity contribution is 0.346. The van der Waals surface area contributed by atoms with E-state index in [-0.39, 0.29) is 27.8 Å². The van der Waals surface area contributed by atoms with Gasteiger partial charge >= 0.3 is 0 Å². The van der Waals surface area contributed by atoms with Gasteiger partial charge in [-0.05, 0) is 18.6 Å². The maximum Gasteiger partial charge on any atom is 0.248 e. The van der Waals surface area contributed by atoms with Crippen molar-refractivity contribution in [3.05, 3.63) is 23.2 Å². The zero-order chi connectivity index (χ0) is 12.9. The van der Waals surface area contributed by atoms with Crippen molar-refractivity contribution in [1.82, 2.24) is 9.62 Å². The van der Waals surface area contributed by atoms with Gasteiger partial charge in [0.2, 0.25) is 10.0 Å². The van der Waals surface area contributed by atoms with E-state index in [0.717, 1.165) is 6.42 Å². The fourth-order valence-electron chi connectivity index (χ4n) is 2.69. The molecule has 2 aliphatic rings. The monoisotopic (exact) mass is 288 g/mol. The van der Waals surface area contributed by atoms with Crippen LogP contribution in [0.15, 0.2) is 23.1 Å². The normalized spacial score (nSPS) is 27.8. The van der Waals surface area contributed by atoms with Crippen LogP contribution in [0.1, 0.15) is 6.42 Å². The molecule has 0 aliphatic carbocycles. The van der Waals surface area contributed by atoms with Crippen LogP contribution in [0.3, 0.4) is 0 Å². The fourth-order valence-corrected chi connectivity index (χ4v) is 4.96. The number of phenolic OH excluding ortho intramolecular Hbond substituents is 1. The highest BCUT2D eigenvalue weighted by atomic mass is 35.5. The summed E-state index contributed by atoms with van der Waals surface area (Å²) in [6.45, 7) is 1.10. The van der Waals surface area contributed by atoms with Gasteiger partial charge in [-0.25, -0.2) is 8.42 Å². The quantitative estimate of drug-likeness (QED) is 0.844. The Morgan fingerprint density at radius 2 is 2.22 bits per heavy atom. The van der Waals surface area contributed by atoms with Gasteiger partial charge < -0.3 is 10.4 Å². The first kappa shape index (κ1) is 12.2. The first-order chi connectivity index (χ1) is 8.50. The van der Waals surface area contributed by atoms with Crippen LogP contribution in [-0.4, -0.2) is 43.0 Å². The standard InChI is InChI=1S/C11H13ClN2O3S/c12-9-2-1-3-10(15)11(9)18(16,17)14-6-7-4-8(14)5-13-7/h1-3,7-8,13,15H,4-6H2/t7-,8+/m1/s1. The van der Waals surface area contributed by atoms with Crippen molar-refractivity contribution in [2.24, 2.45) is 0 Å². The molecule has 0 saturated carbocycles. The number of hydrogen-bond donors (Lipinski definition) is 2. The number of halogens is 1. The zero-order valence-corrected chi connectivity index (χ0v) is 11.1. The van der Waals surface area contributed by atoms with E-state index >= 15 is 0 Å². The third-order valence-electron chi connectivity index (χ3n) is 3.52. The first-order valence-electron chi connectivity index (χ1n) is 5.73. The average molecular weight is 289 g/mol. The highest BCUT2D eigenvalue weighted by molar-refractivity contribution is 7.89. The predicted octanol–water partition coefficient (Wildman–Crippen LogP) is 0.780. The molecule has 2 heterocycles. The smallest absolute Gasteiger partial charge is 0.248 e. The minimum Gasteiger partial charge on any atom is -0.506 e. The van der Waals surface area contributed by atoms with Gasteiger partial charge in [-0.15, -0.1) is 0 Å². The SMILES string of the molecule is O=S(=O)(c1c(O)cccc1Cl)N1C[C@H]2C[C@H]1CN2. The van der Waals surface area contributed by atoms with Crippen LogP contribution < -0.4 is 5.32 Å². The lowest BCUT2D eigenvalue weighted by atomic mass is 10.2. The molecule has 0 unspecified atom stereocenters. The van der Waals surface area contributed by atoms with Crippen molar-refractivity contribution in [2.75, 3.05) is 13.1 Å². The second kappa shape index (κ2) is 4.09. The van der Waals surface area contributed by atoms with Crippen LogP contribution in [0.5, 0.6) is 5.75 Å². The van der Waals surface area contributed by atoms with Gasteiger partial charge in [0, 0.05) is 25.2 Å². The molecule has 1 aromatic carbocycles. The van der Waals surface area contributed by atoms with Crippen molar-refractivity contribution in [3.63, 3.8) is 0 Å². The average Bonchev–Trinajstić information content (AvgIpc) is 2.90. The number of nitrogens with zero attached hydrogens (tertiary/aromatic N) is 1. The number of phenols is 1. The predicted molar refractivity (Wildman–Crippen MR) is 67.2 cm³/mol. The number of hydrogen-bond acceptors (Lipinski definition) is 4. The number of benzene rings is 1. The maximum atomic E-state index is 12.5. The lowest BCUT2D eigenvalue weighted by Gasteiger charge is -2.27. The second-order valence-corrected chi connectivity index (χ2v) is 6.89. The summed E-state index contributed by atoms with van der Waals surface area (Å²) in [5, 5.41) is 13.0. The van der Waals surface area contributed by atoms with E-state index in [1.807, 2.05) is 0 Å². The molecule has 18 heavy (non-hydrogen) atoms. The topological polar surface area (TPSA) is 69.6 Å². The number of piperazine rings is 1. The molecule has 3 rings (SSSR count). The molecule has 2 aliphatic heterocycles. The van der Waals surface area contributed by atoms with Gasteiger partial charge in [0.05, 0.1) is 5.02 Å². The molecule has 2 bridgehead atoms. The van der Waals surface area contributed by atoms with Crippen LogP contribution in [0.2, 0.25) is 5.02 Å². The van der Waals surface area contributed by atoms with Crippen LogP contribution in [0.25, 0.3) is 0 Å². The van der Waals surface area contributed by atoms with Crippen molar-refractivity contribution in [2.45, 2.75) is 23.4 Å². The molecule has 2 fully saturated rings. The minimum absolute atomic E-state index is 0.0318. The van der Waals surface area contributed by atoms with E-state index in [9.17, 15) is 13.5 Å². The summed E-state index contributed by atoms with van der Waals surface area (Å²) in [6.07, 6.45) is 0.824. The maximum absolute atomic E-state index is 12.5. The number of nitrogens with one attached hydrogen (secondary N) is 1. The Balaban J connectivity index is 2.05. The van der Waals surface area contributed by atoms with Gasteiger partial charge in [-0.1, -0.05) is 17.7 Å². The Kier molecular flexibility index (Phi) is 2.78. The Bertz CT molecular complexity index is 570. The number of sulfonamides is 1. The molecule has 5 nitrogen and oxygen atoms in total. The zero-order valence-electron chi connectivity index (χ0n) is 9.51. The third-order valence-corrected chi connectivity index (χ3v) is 5.96.